The minimum Gasteiger partial charge on any atom is -0.345 e. The molecular formula is C14H19N5O3. The summed E-state index contributed by atoms with van der Waals surface area (Å²) in [7, 11) is 0. The van der Waals surface area contributed by atoms with Gasteiger partial charge >= 0.3 is 5.69 Å². The van der Waals surface area contributed by atoms with Crippen molar-refractivity contribution in [2.45, 2.75) is 46.7 Å². The molecule has 0 aliphatic carbocycles. The van der Waals surface area contributed by atoms with Gasteiger partial charge in [0.1, 0.15) is 6.54 Å². The van der Waals surface area contributed by atoms with E-state index in [0.29, 0.717) is 23.1 Å². The van der Waals surface area contributed by atoms with E-state index < -0.39 is 5.69 Å². The van der Waals surface area contributed by atoms with Gasteiger partial charge in [-0.05, 0) is 19.9 Å². The predicted octanol–water partition coefficient (Wildman–Crippen LogP) is 0.683. The summed E-state index contributed by atoms with van der Waals surface area (Å²) >= 11 is 0. The molecule has 2 aromatic heterocycles. The van der Waals surface area contributed by atoms with Crippen LogP contribution in [0.25, 0.3) is 0 Å². The van der Waals surface area contributed by atoms with Crippen LogP contribution in [0.3, 0.4) is 0 Å². The minimum atomic E-state index is -0.437. The van der Waals surface area contributed by atoms with Gasteiger partial charge in [0.2, 0.25) is 11.8 Å². The molecule has 118 valence electrons. The van der Waals surface area contributed by atoms with Gasteiger partial charge in [-0.1, -0.05) is 19.0 Å². The summed E-state index contributed by atoms with van der Waals surface area (Å²) in [6.07, 6.45) is 0. The molecule has 0 aliphatic heterocycles. The van der Waals surface area contributed by atoms with Crippen LogP contribution in [0.2, 0.25) is 0 Å². The van der Waals surface area contributed by atoms with E-state index in [1.807, 2.05) is 13.8 Å². The maximum absolute atomic E-state index is 11.9. The predicted molar refractivity (Wildman–Crippen MR) is 78.2 cm³/mol. The topological polar surface area (TPSA) is 103 Å². The van der Waals surface area contributed by atoms with Gasteiger partial charge in [-0.15, -0.1) is 0 Å². The first-order valence-corrected chi connectivity index (χ1v) is 7.01. The maximum atomic E-state index is 11.9. The highest BCUT2D eigenvalue weighted by Gasteiger charge is 2.12. The Morgan fingerprint density at radius 2 is 2.09 bits per heavy atom. The Morgan fingerprint density at radius 3 is 2.68 bits per heavy atom. The number of aromatic nitrogens is 4. The third-order valence-corrected chi connectivity index (χ3v) is 3.09. The monoisotopic (exact) mass is 305 g/mol. The molecule has 0 unspecified atom stereocenters. The fourth-order valence-corrected chi connectivity index (χ4v) is 1.91. The summed E-state index contributed by atoms with van der Waals surface area (Å²) in [6, 6.07) is 1.75. The van der Waals surface area contributed by atoms with Crippen molar-refractivity contribution < 1.29 is 9.32 Å². The van der Waals surface area contributed by atoms with Gasteiger partial charge in [0, 0.05) is 17.3 Å². The number of nitrogens with zero attached hydrogens (tertiary/aromatic N) is 4. The van der Waals surface area contributed by atoms with E-state index in [1.54, 1.807) is 19.9 Å². The van der Waals surface area contributed by atoms with E-state index in [0.717, 1.165) is 0 Å². The standard InChI is InChI=1S/C14H19N5O3/c1-8(2)13-17-12(22-18-13)6-15-11(20)7-19-10(4)5-9(3)16-14(19)21/h5,8H,6-7H2,1-4H3,(H,15,20). The second-order valence-electron chi connectivity index (χ2n) is 5.39. The zero-order valence-electron chi connectivity index (χ0n) is 13.1. The Hall–Kier alpha value is -2.51. The van der Waals surface area contributed by atoms with E-state index in [2.05, 4.69) is 20.4 Å². The molecule has 1 amide bonds. The lowest BCUT2D eigenvalue weighted by Crippen LogP contribution is -2.34. The number of hydrogen-bond acceptors (Lipinski definition) is 6. The number of aryl methyl sites for hydroxylation is 2. The molecule has 0 saturated heterocycles. The van der Waals surface area contributed by atoms with Crippen molar-refractivity contribution in [3.05, 3.63) is 39.7 Å². The molecule has 8 nitrogen and oxygen atoms in total. The Balaban J connectivity index is 1.97. The number of carbonyl (C=O) groups is 1. The third-order valence-electron chi connectivity index (χ3n) is 3.09. The van der Waals surface area contributed by atoms with Gasteiger partial charge in [-0.3, -0.25) is 9.36 Å². The normalized spacial score (nSPS) is 11.0. The quantitative estimate of drug-likeness (QED) is 0.871. The summed E-state index contributed by atoms with van der Waals surface area (Å²) in [4.78, 5) is 31.7. The number of nitrogens with one attached hydrogen (secondary N) is 1. The molecule has 22 heavy (non-hydrogen) atoms. The van der Waals surface area contributed by atoms with Crippen LogP contribution in [0, 0.1) is 13.8 Å². The molecule has 2 rings (SSSR count). The summed E-state index contributed by atoms with van der Waals surface area (Å²) in [5.74, 6) is 0.774. The molecule has 0 aliphatic rings. The molecule has 0 saturated carbocycles. The van der Waals surface area contributed by atoms with E-state index in [-0.39, 0.29) is 24.9 Å². The lowest BCUT2D eigenvalue weighted by molar-refractivity contribution is -0.122. The minimum absolute atomic E-state index is 0.0941. The zero-order chi connectivity index (χ0) is 16.3. The second kappa shape index (κ2) is 6.50. The Bertz CT molecular complexity index is 732. The van der Waals surface area contributed by atoms with Crippen LogP contribution >= 0.6 is 0 Å². The van der Waals surface area contributed by atoms with Crippen molar-refractivity contribution in [1.29, 1.82) is 0 Å². The van der Waals surface area contributed by atoms with E-state index in [1.165, 1.54) is 4.57 Å². The van der Waals surface area contributed by atoms with Crippen LogP contribution in [0.15, 0.2) is 15.4 Å². The summed E-state index contributed by atoms with van der Waals surface area (Å²) in [5, 5.41) is 6.46. The fourth-order valence-electron chi connectivity index (χ4n) is 1.91. The summed E-state index contributed by atoms with van der Waals surface area (Å²) in [5.41, 5.74) is 0.881. The van der Waals surface area contributed by atoms with Crippen molar-refractivity contribution >= 4 is 5.91 Å². The Morgan fingerprint density at radius 1 is 1.36 bits per heavy atom. The maximum Gasteiger partial charge on any atom is 0.348 e. The van der Waals surface area contributed by atoms with Gasteiger partial charge in [-0.2, -0.15) is 9.97 Å². The zero-order valence-corrected chi connectivity index (χ0v) is 13.1. The molecule has 0 aromatic carbocycles. The number of carbonyl (C=O) groups excluding carboxylic acids is 1. The van der Waals surface area contributed by atoms with Crippen LogP contribution in [-0.2, 0) is 17.9 Å². The van der Waals surface area contributed by atoms with Crippen molar-refractivity contribution in [2.24, 2.45) is 0 Å². The highest BCUT2D eigenvalue weighted by atomic mass is 16.5. The molecule has 0 spiro atoms. The van der Waals surface area contributed by atoms with Crippen LogP contribution in [-0.4, -0.2) is 25.6 Å². The van der Waals surface area contributed by atoms with Crippen LogP contribution in [0.1, 0.15) is 42.9 Å². The molecule has 0 fully saturated rings. The van der Waals surface area contributed by atoms with Crippen LogP contribution in [0.4, 0.5) is 0 Å². The number of hydrogen-bond donors (Lipinski definition) is 1. The van der Waals surface area contributed by atoms with Crippen molar-refractivity contribution in [1.82, 2.24) is 25.0 Å². The Kier molecular flexibility index (Phi) is 4.69. The third kappa shape index (κ3) is 3.78. The van der Waals surface area contributed by atoms with E-state index in [9.17, 15) is 9.59 Å². The van der Waals surface area contributed by atoms with Gasteiger partial charge in [0.25, 0.3) is 0 Å². The number of rotatable bonds is 5. The fraction of sp³-hybridized carbons (Fsp3) is 0.500. The van der Waals surface area contributed by atoms with E-state index in [4.69, 9.17) is 4.52 Å². The van der Waals surface area contributed by atoms with Crippen LogP contribution in [0.5, 0.6) is 0 Å². The highest BCUT2D eigenvalue weighted by Crippen LogP contribution is 2.09. The largest absolute Gasteiger partial charge is 0.348 e. The SMILES string of the molecule is Cc1cc(C)n(CC(=O)NCc2nc(C(C)C)no2)c(=O)n1. The molecule has 2 heterocycles. The van der Waals surface area contributed by atoms with Crippen molar-refractivity contribution in [2.75, 3.05) is 0 Å². The Labute approximate surface area is 127 Å². The van der Waals surface area contributed by atoms with Gasteiger partial charge in [-0.25, -0.2) is 4.79 Å². The number of amides is 1. The summed E-state index contributed by atoms with van der Waals surface area (Å²) in [6.45, 7) is 7.44. The van der Waals surface area contributed by atoms with Crippen LogP contribution < -0.4 is 11.0 Å². The average molecular weight is 305 g/mol. The first-order chi connectivity index (χ1) is 10.4. The molecule has 0 atom stereocenters. The van der Waals surface area contributed by atoms with Crippen molar-refractivity contribution in [3.8, 4) is 0 Å². The molecule has 8 heteroatoms. The lowest BCUT2D eigenvalue weighted by atomic mass is 10.2. The first kappa shape index (κ1) is 15.9. The summed E-state index contributed by atoms with van der Waals surface area (Å²) < 4.78 is 6.35. The molecule has 2 aromatic rings. The molecular weight excluding hydrogens is 286 g/mol. The van der Waals surface area contributed by atoms with E-state index >= 15 is 0 Å². The smallest absolute Gasteiger partial charge is 0.345 e. The molecule has 0 bridgehead atoms. The molecule has 1 N–H and O–H groups in total. The first-order valence-electron chi connectivity index (χ1n) is 7.01. The van der Waals surface area contributed by atoms with Crippen molar-refractivity contribution in [3.63, 3.8) is 0 Å². The average Bonchev–Trinajstić information content (AvgIpc) is 2.89. The lowest BCUT2D eigenvalue weighted by Gasteiger charge is -2.09. The second-order valence-corrected chi connectivity index (χ2v) is 5.39. The van der Waals surface area contributed by atoms with Gasteiger partial charge in [0.15, 0.2) is 5.82 Å². The van der Waals surface area contributed by atoms with Gasteiger partial charge < -0.3 is 9.84 Å². The van der Waals surface area contributed by atoms with Gasteiger partial charge in [0.05, 0.1) is 6.54 Å². The molecule has 0 radical (unpaired) electrons. The highest BCUT2D eigenvalue weighted by molar-refractivity contribution is 5.75.